The van der Waals surface area contributed by atoms with Crippen molar-refractivity contribution in [2.75, 3.05) is 0 Å². The molecule has 0 spiro atoms. The van der Waals surface area contributed by atoms with E-state index >= 15 is 0 Å². The predicted molar refractivity (Wildman–Crippen MR) is 81.6 cm³/mol. The number of hydrogen-bond donors (Lipinski definition) is 2. The molecule has 0 aliphatic heterocycles. The Kier molecular flexibility index (Phi) is 4.94. The van der Waals surface area contributed by atoms with Crippen molar-refractivity contribution in [3.8, 4) is 0 Å². The average Bonchev–Trinajstić information content (AvgIpc) is 2.45. The number of benzene rings is 2. The normalized spacial score (nSPS) is 12.1. The van der Waals surface area contributed by atoms with Crippen molar-refractivity contribution in [3.63, 3.8) is 0 Å². The molecule has 2 aromatic carbocycles. The molecule has 110 valence electrons. The van der Waals surface area contributed by atoms with E-state index in [0.29, 0.717) is 17.1 Å². The fourth-order valence-electron chi connectivity index (χ4n) is 2.00. The maximum absolute atomic E-state index is 13.9. The quantitative estimate of drug-likeness (QED) is 0.889. The van der Waals surface area contributed by atoms with Gasteiger partial charge in [-0.3, -0.25) is 4.79 Å². The summed E-state index contributed by atoms with van der Waals surface area (Å²) >= 11 is 5.95. The highest BCUT2D eigenvalue weighted by Gasteiger charge is 2.09. The molecule has 0 saturated heterocycles. The maximum atomic E-state index is 13.9. The summed E-state index contributed by atoms with van der Waals surface area (Å²) in [7, 11) is 0. The number of nitrogens with one attached hydrogen (secondary N) is 1. The molecule has 2 rings (SSSR count). The van der Waals surface area contributed by atoms with Gasteiger partial charge in [-0.15, -0.1) is 0 Å². The van der Waals surface area contributed by atoms with Gasteiger partial charge < -0.3 is 11.1 Å². The van der Waals surface area contributed by atoms with Crippen LogP contribution in [0.5, 0.6) is 0 Å². The third-order valence-electron chi connectivity index (χ3n) is 3.28. The fraction of sp³-hybridized carbons (Fsp3) is 0.188. The minimum absolute atomic E-state index is 0.0268. The number of primary amides is 1. The Hall–Kier alpha value is -1.91. The minimum atomic E-state index is -0.638. The minimum Gasteiger partial charge on any atom is -0.366 e. The van der Waals surface area contributed by atoms with Gasteiger partial charge >= 0.3 is 0 Å². The molecule has 3 N–H and O–H groups in total. The topological polar surface area (TPSA) is 55.1 Å². The molecule has 1 amide bonds. The first-order valence-corrected chi connectivity index (χ1v) is 6.92. The lowest BCUT2D eigenvalue weighted by molar-refractivity contribution is 0.1000. The van der Waals surface area contributed by atoms with Gasteiger partial charge in [-0.25, -0.2) is 4.39 Å². The molecule has 0 aliphatic rings. The first-order valence-electron chi connectivity index (χ1n) is 6.54. The highest BCUT2D eigenvalue weighted by atomic mass is 35.5. The second kappa shape index (κ2) is 6.70. The van der Waals surface area contributed by atoms with Gasteiger partial charge in [0.1, 0.15) is 5.82 Å². The van der Waals surface area contributed by atoms with Crippen molar-refractivity contribution in [3.05, 3.63) is 70.0 Å². The number of carbonyl (C=O) groups is 1. The van der Waals surface area contributed by atoms with Crippen LogP contribution in [-0.4, -0.2) is 5.91 Å². The van der Waals surface area contributed by atoms with Crippen molar-refractivity contribution in [1.82, 2.24) is 5.32 Å². The Balaban J connectivity index is 2.04. The second-order valence-corrected chi connectivity index (χ2v) is 5.26. The molecule has 1 atom stereocenters. The average molecular weight is 307 g/mol. The molecule has 2 aromatic rings. The van der Waals surface area contributed by atoms with Gasteiger partial charge in [-0.2, -0.15) is 0 Å². The Labute approximate surface area is 127 Å². The van der Waals surface area contributed by atoms with Crippen LogP contribution in [0.3, 0.4) is 0 Å². The molecule has 0 heterocycles. The number of nitrogens with two attached hydrogens (primary N) is 1. The molecule has 5 heteroatoms. The molecule has 0 aliphatic carbocycles. The summed E-state index contributed by atoms with van der Waals surface area (Å²) in [6.07, 6.45) is 0. The lowest BCUT2D eigenvalue weighted by Gasteiger charge is -2.15. The molecule has 0 aromatic heterocycles. The number of carbonyl (C=O) groups excluding carboxylic acids is 1. The van der Waals surface area contributed by atoms with Gasteiger partial charge in [0.05, 0.1) is 0 Å². The lowest BCUT2D eigenvalue weighted by atomic mass is 10.1. The van der Waals surface area contributed by atoms with E-state index in [4.69, 9.17) is 17.3 Å². The van der Waals surface area contributed by atoms with Crippen LogP contribution in [-0.2, 0) is 6.54 Å². The third kappa shape index (κ3) is 4.03. The van der Waals surface area contributed by atoms with E-state index in [1.54, 1.807) is 12.1 Å². The van der Waals surface area contributed by atoms with Crippen LogP contribution in [0.15, 0.2) is 42.5 Å². The van der Waals surface area contributed by atoms with Gasteiger partial charge in [0.25, 0.3) is 0 Å². The largest absolute Gasteiger partial charge is 0.366 e. The summed E-state index contributed by atoms with van der Waals surface area (Å²) in [5.41, 5.74) is 6.78. The van der Waals surface area contributed by atoms with Gasteiger partial charge in [-0.05, 0) is 36.8 Å². The molecule has 0 bridgehead atoms. The molecule has 0 unspecified atom stereocenters. The van der Waals surface area contributed by atoms with E-state index in [1.165, 1.54) is 6.07 Å². The van der Waals surface area contributed by atoms with Gasteiger partial charge in [0.15, 0.2) is 0 Å². The van der Waals surface area contributed by atoms with Crippen LogP contribution in [0.2, 0.25) is 5.02 Å². The Morgan fingerprint density at radius 1 is 1.33 bits per heavy atom. The van der Waals surface area contributed by atoms with Crippen LogP contribution in [0.1, 0.15) is 34.5 Å². The van der Waals surface area contributed by atoms with Crippen LogP contribution in [0.25, 0.3) is 0 Å². The monoisotopic (exact) mass is 306 g/mol. The number of rotatable bonds is 5. The van der Waals surface area contributed by atoms with E-state index in [0.717, 1.165) is 11.6 Å². The standard InChI is InChI=1S/C16H16ClFN2O/c1-10(11-3-2-4-14(17)7-11)20-9-13-6-5-12(16(19)21)8-15(13)18/h2-8,10,20H,9H2,1H3,(H2,19,21)/t10-/m0/s1. The first kappa shape index (κ1) is 15.5. The van der Waals surface area contributed by atoms with Crippen molar-refractivity contribution in [2.45, 2.75) is 19.5 Å². The summed E-state index contributed by atoms with van der Waals surface area (Å²) in [6, 6.07) is 11.8. The molecule has 0 radical (unpaired) electrons. The van der Waals surface area contributed by atoms with E-state index in [9.17, 15) is 9.18 Å². The smallest absolute Gasteiger partial charge is 0.248 e. The highest BCUT2D eigenvalue weighted by molar-refractivity contribution is 6.30. The van der Waals surface area contributed by atoms with Crippen molar-refractivity contribution >= 4 is 17.5 Å². The molecule has 0 fully saturated rings. The van der Waals surface area contributed by atoms with Crippen LogP contribution >= 0.6 is 11.6 Å². The van der Waals surface area contributed by atoms with Gasteiger partial charge in [-0.1, -0.05) is 29.8 Å². The third-order valence-corrected chi connectivity index (χ3v) is 3.52. The Bertz CT molecular complexity index is 660. The summed E-state index contributed by atoms with van der Waals surface area (Å²) in [4.78, 5) is 11.0. The van der Waals surface area contributed by atoms with Crippen LogP contribution < -0.4 is 11.1 Å². The number of amides is 1. The fourth-order valence-corrected chi connectivity index (χ4v) is 2.20. The number of hydrogen-bond acceptors (Lipinski definition) is 2. The molecule has 0 saturated carbocycles. The summed E-state index contributed by atoms with van der Waals surface area (Å²) in [5, 5.41) is 3.88. The zero-order valence-electron chi connectivity index (χ0n) is 11.6. The molecule has 3 nitrogen and oxygen atoms in total. The van der Waals surface area contributed by atoms with E-state index in [-0.39, 0.29) is 11.6 Å². The number of halogens is 2. The van der Waals surface area contributed by atoms with Crippen molar-refractivity contribution in [2.24, 2.45) is 5.73 Å². The van der Waals surface area contributed by atoms with Crippen LogP contribution in [0, 0.1) is 5.82 Å². The van der Waals surface area contributed by atoms with Gasteiger partial charge in [0, 0.05) is 28.7 Å². The predicted octanol–water partition coefficient (Wildman–Crippen LogP) is 3.43. The zero-order chi connectivity index (χ0) is 15.4. The summed E-state index contributed by atoms with van der Waals surface area (Å²) in [5.74, 6) is -1.09. The van der Waals surface area contributed by atoms with E-state index in [2.05, 4.69) is 5.32 Å². The Morgan fingerprint density at radius 3 is 2.71 bits per heavy atom. The molecular weight excluding hydrogens is 291 g/mol. The molecule has 21 heavy (non-hydrogen) atoms. The van der Waals surface area contributed by atoms with Crippen molar-refractivity contribution in [1.29, 1.82) is 0 Å². The first-order chi connectivity index (χ1) is 9.97. The Morgan fingerprint density at radius 2 is 2.10 bits per heavy atom. The van der Waals surface area contributed by atoms with E-state index in [1.807, 2.05) is 25.1 Å². The zero-order valence-corrected chi connectivity index (χ0v) is 12.3. The van der Waals surface area contributed by atoms with Crippen LogP contribution in [0.4, 0.5) is 4.39 Å². The lowest BCUT2D eigenvalue weighted by Crippen LogP contribution is -2.19. The maximum Gasteiger partial charge on any atom is 0.248 e. The summed E-state index contributed by atoms with van der Waals surface area (Å²) < 4.78 is 13.9. The van der Waals surface area contributed by atoms with Crippen molar-refractivity contribution < 1.29 is 9.18 Å². The SMILES string of the molecule is C[C@H](NCc1ccc(C(N)=O)cc1F)c1cccc(Cl)c1. The second-order valence-electron chi connectivity index (χ2n) is 4.83. The highest BCUT2D eigenvalue weighted by Crippen LogP contribution is 2.18. The van der Waals surface area contributed by atoms with Gasteiger partial charge in [0.2, 0.25) is 5.91 Å². The van der Waals surface area contributed by atoms with E-state index < -0.39 is 11.7 Å². The summed E-state index contributed by atoms with van der Waals surface area (Å²) in [6.45, 7) is 2.32. The molecular formula is C16H16ClFN2O.